The van der Waals surface area contributed by atoms with Gasteiger partial charge in [0.05, 0.1) is 5.75 Å². The first kappa shape index (κ1) is 14.9. The van der Waals surface area contributed by atoms with Gasteiger partial charge in [-0.2, -0.15) is 4.31 Å². The number of rotatable bonds is 4. The van der Waals surface area contributed by atoms with Gasteiger partial charge in [-0.05, 0) is 6.42 Å². The molecule has 1 amide bonds. The molecule has 1 aromatic heterocycles. The predicted octanol–water partition coefficient (Wildman–Crippen LogP) is -0.124. The van der Waals surface area contributed by atoms with Gasteiger partial charge in [0, 0.05) is 33.1 Å². The zero-order chi connectivity index (χ0) is 14.8. The molecule has 0 bridgehead atoms. The highest BCUT2D eigenvalue weighted by molar-refractivity contribution is 7.89. The normalized spacial score (nSPS) is 17.4. The molecule has 1 saturated heterocycles. The third-order valence-electron chi connectivity index (χ3n) is 3.09. The van der Waals surface area contributed by atoms with Crippen LogP contribution in [0.25, 0.3) is 0 Å². The molecule has 1 aromatic rings. The van der Waals surface area contributed by atoms with Crippen molar-refractivity contribution in [2.24, 2.45) is 0 Å². The van der Waals surface area contributed by atoms with Crippen molar-refractivity contribution in [3.63, 3.8) is 0 Å². The number of nitrogens with zero attached hydrogens (tertiary/aromatic N) is 4. The highest BCUT2D eigenvalue weighted by Crippen LogP contribution is 2.11. The van der Waals surface area contributed by atoms with Crippen LogP contribution in [0.1, 0.15) is 29.9 Å². The molecule has 0 aliphatic carbocycles. The molecule has 9 heteroatoms. The van der Waals surface area contributed by atoms with Crippen LogP contribution in [0.5, 0.6) is 0 Å². The second-order valence-electron chi connectivity index (χ2n) is 4.63. The van der Waals surface area contributed by atoms with E-state index in [1.807, 2.05) is 6.92 Å². The zero-order valence-corrected chi connectivity index (χ0v) is 12.4. The van der Waals surface area contributed by atoms with Crippen molar-refractivity contribution in [1.29, 1.82) is 0 Å². The van der Waals surface area contributed by atoms with E-state index in [2.05, 4.69) is 10.2 Å². The molecule has 1 aliphatic rings. The topological polar surface area (TPSA) is 96.6 Å². The minimum Gasteiger partial charge on any atom is -0.417 e. The SMILES string of the molecule is CCCS(=O)(=O)N1CCN(C(=O)c2nnc(C)o2)CC1. The van der Waals surface area contributed by atoms with Gasteiger partial charge in [0.2, 0.25) is 15.9 Å². The fraction of sp³-hybridized carbons (Fsp3) is 0.727. The van der Waals surface area contributed by atoms with Crippen molar-refractivity contribution < 1.29 is 17.6 Å². The summed E-state index contributed by atoms with van der Waals surface area (Å²) < 4.78 is 30.3. The van der Waals surface area contributed by atoms with Crippen molar-refractivity contribution in [2.75, 3.05) is 31.9 Å². The van der Waals surface area contributed by atoms with E-state index in [4.69, 9.17) is 4.42 Å². The summed E-state index contributed by atoms with van der Waals surface area (Å²) in [6, 6.07) is 0. The summed E-state index contributed by atoms with van der Waals surface area (Å²) in [5, 5.41) is 7.29. The molecule has 2 heterocycles. The molecular formula is C11H18N4O4S. The predicted molar refractivity (Wildman–Crippen MR) is 70.6 cm³/mol. The molecule has 0 unspecified atom stereocenters. The number of aryl methyl sites for hydroxylation is 1. The molecule has 2 rings (SSSR count). The van der Waals surface area contributed by atoms with Crippen LogP contribution in [0, 0.1) is 6.92 Å². The number of piperazine rings is 1. The number of hydrogen-bond donors (Lipinski definition) is 0. The average molecular weight is 302 g/mol. The Morgan fingerprint density at radius 2 is 1.90 bits per heavy atom. The van der Waals surface area contributed by atoms with Crippen LogP contribution < -0.4 is 0 Å². The van der Waals surface area contributed by atoms with Crippen molar-refractivity contribution >= 4 is 15.9 Å². The molecule has 8 nitrogen and oxygen atoms in total. The van der Waals surface area contributed by atoms with E-state index in [1.165, 1.54) is 9.21 Å². The van der Waals surface area contributed by atoms with E-state index >= 15 is 0 Å². The van der Waals surface area contributed by atoms with E-state index in [0.717, 1.165) is 0 Å². The maximum Gasteiger partial charge on any atom is 0.311 e. The van der Waals surface area contributed by atoms with E-state index in [9.17, 15) is 13.2 Å². The van der Waals surface area contributed by atoms with E-state index in [1.54, 1.807) is 6.92 Å². The van der Waals surface area contributed by atoms with Crippen LogP contribution in [-0.2, 0) is 10.0 Å². The van der Waals surface area contributed by atoms with Crippen molar-refractivity contribution in [2.45, 2.75) is 20.3 Å². The third kappa shape index (κ3) is 3.15. The van der Waals surface area contributed by atoms with E-state index < -0.39 is 10.0 Å². The van der Waals surface area contributed by atoms with Gasteiger partial charge in [-0.15, -0.1) is 10.2 Å². The summed E-state index contributed by atoms with van der Waals surface area (Å²) in [7, 11) is -3.20. The number of hydrogen-bond acceptors (Lipinski definition) is 6. The zero-order valence-electron chi connectivity index (χ0n) is 11.6. The largest absolute Gasteiger partial charge is 0.417 e. The number of carbonyl (C=O) groups is 1. The minimum absolute atomic E-state index is 0.0487. The second kappa shape index (κ2) is 5.88. The van der Waals surface area contributed by atoms with Crippen LogP contribution in [-0.4, -0.2) is 65.7 Å². The maximum atomic E-state index is 12.1. The smallest absolute Gasteiger partial charge is 0.311 e. The fourth-order valence-corrected chi connectivity index (χ4v) is 3.57. The van der Waals surface area contributed by atoms with Gasteiger partial charge in [0.25, 0.3) is 0 Å². The third-order valence-corrected chi connectivity index (χ3v) is 5.17. The van der Waals surface area contributed by atoms with Crippen molar-refractivity contribution in [3.8, 4) is 0 Å². The summed E-state index contributed by atoms with van der Waals surface area (Å²) >= 11 is 0. The number of carbonyl (C=O) groups excluding carboxylic acids is 1. The van der Waals surface area contributed by atoms with E-state index in [-0.39, 0.29) is 17.6 Å². The Morgan fingerprint density at radius 3 is 2.40 bits per heavy atom. The molecular weight excluding hydrogens is 284 g/mol. The Bertz CT molecular complexity index is 575. The Kier molecular flexibility index (Phi) is 4.39. The van der Waals surface area contributed by atoms with Gasteiger partial charge in [-0.1, -0.05) is 6.92 Å². The lowest BCUT2D eigenvalue weighted by molar-refractivity contribution is 0.0656. The molecule has 0 N–H and O–H groups in total. The Labute approximate surface area is 117 Å². The highest BCUT2D eigenvalue weighted by atomic mass is 32.2. The molecule has 1 fully saturated rings. The Hall–Kier alpha value is -1.48. The van der Waals surface area contributed by atoms with Gasteiger partial charge >= 0.3 is 11.8 Å². The molecule has 0 saturated carbocycles. The van der Waals surface area contributed by atoms with E-state index in [0.29, 0.717) is 38.5 Å². The first-order chi connectivity index (χ1) is 9.44. The van der Waals surface area contributed by atoms with Crippen LogP contribution in [0.3, 0.4) is 0 Å². The average Bonchev–Trinajstić information content (AvgIpc) is 2.85. The highest BCUT2D eigenvalue weighted by Gasteiger charge is 2.30. The summed E-state index contributed by atoms with van der Waals surface area (Å²) in [4.78, 5) is 13.6. The molecule has 0 aromatic carbocycles. The number of sulfonamides is 1. The van der Waals surface area contributed by atoms with Gasteiger partial charge in [-0.25, -0.2) is 8.42 Å². The number of amides is 1. The fourth-order valence-electron chi connectivity index (χ4n) is 2.07. The van der Waals surface area contributed by atoms with Crippen LogP contribution in [0.15, 0.2) is 4.42 Å². The molecule has 0 spiro atoms. The molecule has 112 valence electrons. The standard InChI is InChI=1S/C11H18N4O4S/c1-3-8-20(17,18)15-6-4-14(5-7-15)11(16)10-13-12-9(2)19-10/h3-8H2,1-2H3. The lowest BCUT2D eigenvalue weighted by atomic mass is 10.3. The molecule has 20 heavy (non-hydrogen) atoms. The Balaban J connectivity index is 1.96. The van der Waals surface area contributed by atoms with Crippen LogP contribution in [0.2, 0.25) is 0 Å². The Morgan fingerprint density at radius 1 is 1.25 bits per heavy atom. The first-order valence-corrected chi connectivity index (χ1v) is 8.12. The van der Waals surface area contributed by atoms with Gasteiger partial charge in [0.1, 0.15) is 0 Å². The molecule has 1 aliphatic heterocycles. The lowest BCUT2D eigenvalue weighted by Crippen LogP contribution is -2.51. The van der Waals surface area contributed by atoms with Gasteiger partial charge < -0.3 is 9.32 Å². The van der Waals surface area contributed by atoms with Crippen LogP contribution >= 0.6 is 0 Å². The quantitative estimate of drug-likeness (QED) is 0.769. The lowest BCUT2D eigenvalue weighted by Gasteiger charge is -2.33. The van der Waals surface area contributed by atoms with Crippen molar-refractivity contribution in [1.82, 2.24) is 19.4 Å². The molecule has 0 radical (unpaired) electrons. The van der Waals surface area contributed by atoms with Gasteiger partial charge in [-0.3, -0.25) is 4.79 Å². The minimum atomic E-state index is -3.20. The van der Waals surface area contributed by atoms with Crippen molar-refractivity contribution in [3.05, 3.63) is 11.8 Å². The maximum absolute atomic E-state index is 12.1. The summed E-state index contributed by atoms with van der Waals surface area (Å²) in [6.07, 6.45) is 0.586. The molecule has 0 atom stereocenters. The second-order valence-corrected chi connectivity index (χ2v) is 6.72. The summed E-state index contributed by atoms with van der Waals surface area (Å²) in [6.45, 7) is 4.73. The summed E-state index contributed by atoms with van der Waals surface area (Å²) in [5.41, 5.74) is 0. The van der Waals surface area contributed by atoms with Crippen LogP contribution in [0.4, 0.5) is 0 Å². The van der Waals surface area contributed by atoms with Gasteiger partial charge in [0.15, 0.2) is 0 Å². The monoisotopic (exact) mass is 302 g/mol. The summed E-state index contributed by atoms with van der Waals surface area (Å²) in [5.74, 6) is 0.0760. The first-order valence-electron chi connectivity index (χ1n) is 6.51. The number of aromatic nitrogens is 2.